The molecule has 0 bridgehead atoms. The van der Waals surface area contributed by atoms with Gasteiger partial charge in [-0.2, -0.15) is 0 Å². The zero-order valence-corrected chi connectivity index (χ0v) is 10.8. The summed E-state index contributed by atoms with van der Waals surface area (Å²) in [6.45, 7) is 3.51. The van der Waals surface area contributed by atoms with Gasteiger partial charge in [-0.05, 0) is 38.6 Å². The standard InChI is InChI=1S/C12H18ClNO2/c1-12(2,15)11(14-3)8-5-6-10(16-4)9(13)7-8/h5-7,11,14-15H,1-4H3. The molecule has 4 heteroatoms. The van der Waals surface area contributed by atoms with Gasteiger partial charge in [-0.25, -0.2) is 0 Å². The second-order valence-electron chi connectivity index (χ2n) is 4.27. The summed E-state index contributed by atoms with van der Waals surface area (Å²) in [7, 11) is 3.38. The van der Waals surface area contributed by atoms with E-state index in [-0.39, 0.29) is 6.04 Å². The zero-order chi connectivity index (χ0) is 12.3. The molecule has 0 aromatic heterocycles. The largest absolute Gasteiger partial charge is 0.495 e. The molecule has 1 atom stereocenters. The van der Waals surface area contributed by atoms with Crippen molar-refractivity contribution in [2.24, 2.45) is 0 Å². The second-order valence-corrected chi connectivity index (χ2v) is 4.68. The lowest BCUT2D eigenvalue weighted by atomic mass is 9.92. The highest BCUT2D eigenvalue weighted by molar-refractivity contribution is 6.32. The van der Waals surface area contributed by atoms with Crippen LogP contribution in [0.1, 0.15) is 25.5 Å². The number of ether oxygens (including phenoxy) is 1. The quantitative estimate of drug-likeness (QED) is 0.853. The first kappa shape index (κ1) is 13.3. The summed E-state index contributed by atoms with van der Waals surface area (Å²) in [5, 5.41) is 13.6. The van der Waals surface area contributed by atoms with Crippen molar-refractivity contribution in [1.82, 2.24) is 5.32 Å². The number of methoxy groups -OCH3 is 1. The molecule has 3 nitrogen and oxygen atoms in total. The van der Waals surface area contributed by atoms with Gasteiger partial charge in [0.05, 0.1) is 23.8 Å². The number of nitrogens with one attached hydrogen (secondary N) is 1. The maximum absolute atomic E-state index is 10.0. The Balaban J connectivity index is 3.08. The summed E-state index contributed by atoms with van der Waals surface area (Å²) in [6, 6.07) is 5.33. The topological polar surface area (TPSA) is 41.5 Å². The van der Waals surface area contributed by atoms with Crippen molar-refractivity contribution in [3.63, 3.8) is 0 Å². The predicted molar refractivity (Wildman–Crippen MR) is 66.1 cm³/mol. The molecule has 90 valence electrons. The molecule has 1 aromatic rings. The van der Waals surface area contributed by atoms with E-state index in [4.69, 9.17) is 16.3 Å². The lowest BCUT2D eigenvalue weighted by molar-refractivity contribution is 0.0400. The third-order valence-corrected chi connectivity index (χ3v) is 2.80. The predicted octanol–water partition coefficient (Wildman–Crippen LogP) is 2.38. The van der Waals surface area contributed by atoms with Gasteiger partial charge in [-0.1, -0.05) is 17.7 Å². The maximum atomic E-state index is 10.0. The number of hydrogen-bond acceptors (Lipinski definition) is 3. The van der Waals surface area contributed by atoms with Crippen LogP contribution in [-0.2, 0) is 0 Å². The van der Waals surface area contributed by atoms with Crippen LogP contribution in [0.15, 0.2) is 18.2 Å². The van der Waals surface area contributed by atoms with Gasteiger partial charge < -0.3 is 15.2 Å². The van der Waals surface area contributed by atoms with Crippen LogP contribution < -0.4 is 10.1 Å². The number of benzene rings is 1. The van der Waals surface area contributed by atoms with Crippen molar-refractivity contribution < 1.29 is 9.84 Å². The Labute approximate surface area is 101 Å². The average molecular weight is 244 g/mol. The SMILES string of the molecule is CNC(c1ccc(OC)c(Cl)c1)C(C)(C)O. The van der Waals surface area contributed by atoms with Crippen LogP contribution in [0.3, 0.4) is 0 Å². The molecule has 0 radical (unpaired) electrons. The molecule has 2 N–H and O–H groups in total. The van der Waals surface area contributed by atoms with Crippen LogP contribution in [-0.4, -0.2) is 24.9 Å². The third kappa shape index (κ3) is 2.88. The number of halogens is 1. The van der Waals surface area contributed by atoms with E-state index in [0.29, 0.717) is 10.8 Å². The number of likely N-dealkylation sites (N-methyl/N-ethyl adjacent to an activating group) is 1. The van der Waals surface area contributed by atoms with E-state index in [1.807, 2.05) is 6.07 Å². The van der Waals surface area contributed by atoms with E-state index >= 15 is 0 Å². The lowest BCUT2D eigenvalue weighted by Gasteiger charge is -2.29. The molecule has 1 rings (SSSR count). The minimum absolute atomic E-state index is 0.170. The minimum Gasteiger partial charge on any atom is -0.495 e. The Morgan fingerprint density at radius 1 is 1.44 bits per heavy atom. The van der Waals surface area contributed by atoms with Crippen molar-refractivity contribution in [2.45, 2.75) is 25.5 Å². The van der Waals surface area contributed by atoms with Gasteiger partial charge in [0.15, 0.2) is 0 Å². The van der Waals surface area contributed by atoms with Gasteiger partial charge in [-0.3, -0.25) is 0 Å². The second kappa shape index (κ2) is 5.04. The van der Waals surface area contributed by atoms with Gasteiger partial charge >= 0.3 is 0 Å². The molecule has 0 amide bonds. The molecular weight excluding hydrogens is 226 g/mol. The van der Waals surface area contributed by atoms with Crippen molar-refractivity contribution in [2.75, 3.05) is 14.2 Å². The summed E-state index contributed by atoms with van der Waals surface area (Å²) >= 11 is 6.05. The van der Waals surface area contributed by atoms with Crippen LogP contribution in [0.5, 0.6) is 5.75 Å². The van der Waals surface area contributed by atoms with Gasteiger partial charge in [0.25, 0.3) is 0 Å². The molecule has 0 aliphatic carbocycles. The normalized spacial score (nSPS) is 13.6. The van der Waals surface area contributed by atoms with Crippen LogP contribution in [0, 0.1) is 0 Å². The molecule has 0 saturated carbocycles. The van der Waals surface area contributed by atoms with E-state index in [1.165, 1.54) is 0 Å². The van der Waals surface area contributed by atoms with Crippen LogP contribution in [0.25, 0.3) is 0 Å². The lowest BCUT2D eigenvalue weighted by Crippen LogP contribution is -2.37. The van der Waals surface area contributed by atoms with Crippen molar-refractivity contribution in [1.29, 1.82) is 0 Å². The minimum atomic E-state index is -0.854. The Hall–Kier alpha value is -0.770. The maximum Gasteiger partial charge on any atom is 0.137 e. The van der Waals surface area contributed by atoms with Crippen LogP contribution in [0.4, 0.5) is 0 Å². The first-order valence-electron chi connectivity index (χ1n) is 5.13. The molecule has 0 heterocycles. The van der Waals surface area contributed by atoms with E-state index in [2.05, 4.69) is 5.32 Å². The first-order valence-corrected chi connectivity index (χ1v) is 5.51. The summed E-state index contributed by atoms with van der Waals surface area (Å²) in [5.41, 5.74) is 0.0768. The number of rotatable bonds is 4. The molecule has 0 fully saturated rings. The Morgan fingerprint density at radius 2 is 2.06 bits per heavy atom. The fourth-order valence-corrected chi connectivity index (χ4v) is 2.06. The molecular formula is C12H18ClNO2. The summed E-state index contributed by atoms with van der Waals surface area (Å²) in [6.07, 6.45) is 0. The fraction of sp³-hybridized carbons (Fsp3) is 0.500. The molecule has 1 unspecified atom stereocenters. The van der Waals surface area contributed by atoms with Gasteiger partial charge in [0, 0.05) is 0 Å². The smallest absolute Gasteiger partial charge is 0.137 e. The summed E-state index contributed by atoms with van der Waals surface area (Å²) < 4.78 is 5.08. The summed E-state index contributed by atoms with van der Waals surface area (Å²) in [5.74, 6) is 0.635. The first-order chi connectivity index (χ1) is 7.40. The highest BCUT2D eigenvalue weighted by Gasteiger charge is 2.27. The van der Waals surface area contributed by atoms with Crippen molar-refractivity contribution in [3.8, 4) is 5.75 Å². The average Bonchev–Trinajstić information content (AvgIpc) is 2.17. The summed E-state index contributed by atoms with van der Waals surface area (Å²) in [4.78, 5) is 0. The highest BCUT2D eigenvalue weighted by Crippen LogP contribution is 2.31. The number of aliphatic hydroxyl groups is 1. The molecule has 16 heavy (non-hydrogen) atoms. The third-order valence-electron chi connectivity index (χ3n) is 2.50. The molecule has 0 spiro atoms. The van der Waals surface area contributed by atoms with Gasteiger partial charge in [-0.15, -0.1) is 0 Å². The van der Waals surface area contributed by atoms with E-state index in [1.54, 1.807) is 40.1 Å². The fourth-order valence-electron chi connectivity index (χ4n) is 1.79. The Bertz CT molecular complexity index is 361. The van der Waals surface area contributed by atoms with Crippen LogP contribution >= 0.6 is 11.6 Å². The molecule has 0 aliphatic rings. The Kier molecular flexibility index (Phi) is 4.19. The molecule has 0 aliphatic heterocycles. The number of hydrogen-bond donors (Lipinski definition) is 2. The van der Waals surface area contributed by atoms with Crippen LogP contribution in [0.2, 0.25) is 5.02 Å². The van der Waals surface area contributed by atoms with Crippen molar-refractivity contribution in [3.05, 3.63) is 28.8 Å². The molecule has 1 aromatic carbocycles. The van der Waals surface area contributed by atoms with Crippen molar-refractivity contribution >= 4 is 11.6 Å². The van der Waals surface area contributed by atoms with E-state index < -0.39 is 5.60 Å². The monoisotopic (exact) mass is 243 g/mol. The van der Waals surface area contributed by atoms with Gasteiger partial charge in [0.1, 0.15) is 5.75 Å². The molecule has 0 saturated heterocycles. The zero-order valence-electron chi connectivity index (χ0n) is 10.0. The van der Waals surface area contributed by atoms with E-state index in [9.17, 15) is 5.11 Å². The Morgan fingerprint density at radius 3 is 2.44 bits per heavy atom. The van der Waals surface area contributed by atoms with Gasteiger partial charge in [0.2, 0.25) is 0 Å². The van der Waals surface area contributed by atoms with E-state index in [0.717, 1.165) is 5.56 Å². The highest BCUT2D eigenvalue weighted by atomic mass is 35.5.